The van der Waals surface area contributed by atoms with Crippen LogP contribution in [-0.4, -0.2) is 104 Å². The van der Waals surface area contributed by atoms with Crippen LogP contribution < -0.4 is 16.4 Å². The van der Waals surface area contributed by atoms with Crippen molar-refractivity contribution in [1.82, 2.24) is 20.5 Å². The van der Waals surface area contributed by atoms with Crippen LogP contribution in [0.25, 0.3) is 10.4 Å². The number of ether oxygens (including phenoxy) is 3. The number of aryl methyl sites for hydroxylation is 1. The molecule has 0 saturated carbocycles. The highest BCUT2D eigenvalue weighted by Crippen LogP contribution is 2.28. The van der Waals surface area contributed by atoms with Crippen LogP contribution in [0.2, 0.25) is 0 Å². The number of aliphatic hydroxyl groups is 1. The Bertz CT molecular complexity index is 1190. The van der Waals surface area contributed by atoms with E-state index in [2.05, 4.69) is 15.6 Å². The van der Waals surface area contributed by atoms with Crippen LogP contribution in [0.1, 0.15) is 38.4 Å². The third-order valence-electron chi connectivity index (χ3n) is 6.95. The number of nitrogens with two attached hydrogens (primary N) is 1. The number of nitrogens with one attached hydrogen (secondary N) is 2. The zero-order valence-electron chi connectivity index (χ0n) is 25.9. The number of hydrogen-bond donors (Lipinski definition) is 4. The van der Waals surface area contributed by atoms with Crippen LogP contribution in [0.3, 0.4) is 0 Å². The molecule has 2 heterocycles. The van der Waals surface area contributed by atoms with Crippen LogP contribution in [0.4, 0.5) is 0 Å². The van der Waals surface area contributed by atoms with Gasteiger partial charge in [-0.25, -0.2) is 4.98 Å². The Hall–Kier alpha value is -2.65. The summed E-state index contributed by atoms with van der Waals surface area (Å²) >= 11 is 1.58. The van der Waals surface area contributed by atoms with Crippen molar-refractivity contribution < 1.29 is 33.7 Å². The predicted molar refractivity (Wildman–Crippen MR) is 170 cm³/mol. The number of β-amino-alcohol motifs (C(OH)–C–C–N with tert-alkyl or cyclic N) is 1. The molecule has 2 aromatic rings. The number of hydrogen-bond acceptors (Lipinski definition) is 10. The molecule has 3 amide bonds. The normalized spacial score (nSPS) is 17.2. The Morgan fingerprint density at radius 1 is 1.09 bits per heavy atom. The Morgan fingerprint density at radius 2 is 1.73 bits per heavy atom. The van der Waals surface area contributed by atoms with Gasteiger partial charge in [0.2, 0.25) is 17.7 Å². The Kier molecular flexibility index (Phi) is 15.7. The second-order valence-electron chi connectivity index (χ2n) is 11.5. The lowest BCUT2D eigenvalue weighted by molar-refractivity contribution is -0.144. The van der Waals surface area contributed by atoms with E-state index in [-0.39, 0.29) is 51.0 Å². The lowest BCUT2D eigenvalue weighted by Gasteiger charge is -2.35. The van der Waals surface area contributed by atoms with Crippen LogP contribution >= 0.6 is 23.7 Å². The summed E-state index contributed by atoms with van der Waals surface area (Å²) in [6.45, 7) is 9.72. The van der Waals surface area contributed by atoms with Gasteiger partial charge in [-0.2, -0.15) is 0 Å². The fraction of sp³-hybridized carbons (Fsp3) is 0.600. The van der Waals surface area contributed by atoms with Crippen molar-refractivity contribution in [2.45, 2.75) is 58.8 Å². The number of nitrogens with zero attached hydrogens (tertiary/aromatic N) is 2. The maximum atomic E-state index is 13.7. The van der Waals surface area contributed by atoms with Crippen LogP contribution in [0.15, 0.2) is 29.8 Å². The molecule has 3 rings (SSSR count). The van der Waals surface area contributed by atoms with Crippen LogP contribution in [-0.2, 0) is 35.1 Å². The topological polar surface area (TPSA) is 165 Å². The summed E-state index contributed by atoms with van der Waals surface area (Å²) in [5, 5.41) is 16.1. The number of halogens is 1. The van der Waals surface area contributed by atoms with Crippen molar-refractivity contribution in [1.29, 1.82) is 0 Å². The molecule has 1 aromatic carbocycles. The predicted octanol–water partition coefficient (Wildman–Crippen LogP) is 1.66. The first-order valence-electron chi connectivity index (χ1n) is 14.5. The molecular formula is C30H46ClN5O7S. The van der Waals surface area contributed by atoms with Crippen molar-refractivity contribution in [2.24, 2.45) is 11.1 Å². The lowest BCUT2D eigenvalue weighted by Crippen LogP contribution is -2.58. The van der Waals surface area contributed by atoms with Gasteiger partial charge >= 0.3 is 0 Å². The minimum Gasteiger partial charge on any atom is -0.391 e. The molecule has 44 heavy (non-hydrogen) atoms. The monoisotopic (exact) mass is 655 g/mol. The molecule has 1 aliphatic rings. The van der Waals surface area contributed by atoms with Gasteiger partial charge in [0.1, 0.15) is 18.7 Å². The molecule has 0 aliphatic carbocycles. The Balaban J connectivity index is 0.00000675. The van der Waals surface area contributed by atoms with Crippen molar-refractivity contribution in [3.05, 3.63) is 41.0 Å². The number of likely N-dealkylation sites (tertiary alicyclic amines) is 1. The van der Waals surface area contributed by atoms with Gasteiger partial charge in [0.25, 0.3) is 0 Å². The molecule has 3 atom stereocenters. The van der Waals surface area contributed by atoms with E-state index in [1.54, 1.807) is 11.3 Å². The highest BCUT2D eigenvalue weighted by Gasteiger charge is 2.44. The first-order valence-corrected chi connectivity index (χ1v) is 15.4. The zero-order valence-corrected chi connectivity index (χ0v) is 27.5. The first kappa shape index (κ1) is 37.5. The van der Waals surface area contributed by atoms with E-state index < -0.39 is 35.4 Å². The molecular weight excluding hydrogens is 610 g/mol. The number of carbonyl (C=O) groups excluding carboxylic acids is 3. The average molecular weight is 656 g/mol. The van der Waals surface area contributed by atoms with E-state index in [1.807, 2.05) is 57.5 Å². The van der Waals surface area contributed by atoms with E-state index >= 15 is 0 Å². The van der Waals surface area contributed by atoms with Gasteiger partial charge in [-0.05, 0) is 23.5 Å². The zero-order chi connectivity index (χ0) is 31.4. The van der Waals surface area contributed by atoms with Crippen LogP contribution in [0, 0.1) is 12.3 Å². The number of rotatable bonds is 16. The van der Waals surface area contributed by atoms with Crippen LogP contribution in [0.5, 0.6) is 0 Å². The molecule has 14 heteroatoms. The highest BCUT2D eigenvalue weighted by molar-refractivity contribution is 7.13. The lowest BCUT2D eigenvalue weighted by atomic mass is 9.85. The summed E-state index contributed by atoms with van der Waals surface area (Å²) in [6.07, 6.45) is -0.728. The summed E-state index contributed by atoms with van der Waals surface area (Å²) in [5.41, 5.74) is 9.44. The van der Waals surface area contributed by atoms with Gasteiger partial charge in [-0.3, -0.25) is 14.4 Å². The summed E-state index contributed by atoms with van der Waals surface area (Å²) in [6, 6.07) is 6.08. The molecule has 0 bridgehead atoms. The minimum absolute atomic E-state index is 0. The quantitative estimate of drug-likeness (QED) is 0.197. The standard InChI is InChI=1S/C30H45N5O7S.ClH/c1-20-26(43-19-33-20)22-7-5-21(6-8-22)16-32-28(38)24-15-23(36)17-35(24)29(39)27(30(2,3)4)34-25(37)18-42-14-13-41-12-11-40-10-9-31;/h5-8,19,23-24,27,36H,9-18,31H2,1-4H3,(H,32,38)(H,34,37);1H/t23?,24?,27-;/m1./s1. The van der Waals surface area contributed by atoms with Gasteiger partial charge in [0.15, 0.2) is 0 Å². The molecule has 5 N–H and O–H groups in total. The molecule has 246 valence electrons. The molecule has 1 aliphatic heterocycles. The maximum Gasteiger partial charge on any atom is 0.246 e. The van der Waals surface area contributed by atoms with Gasteiger partial charge in [0.05, 0.1) is 55.2 Å². The first-order chi connectivity index (χ1) is 20.5. The minimum atomic E-state index is -0.928. The molecule has 0 radical (unpaired) electrons. The van der Waals surface area contributed by atoms with Gasteiger partial charge in [0, 0.05) is 26.1 Å². The largest absolute Gasteiger partial charge is 0.391 e. The fourth-order valence-corrected chi connectivity index (χ4v) is 5.48. The number of amides is 3. The molecule has 0 spiro atoms. The van der Waals surface area contributed by atoms with E-state index in [9.17, 15) is 19.5 Å². The number of thiazole rings is 1. The fourth-order valence-electron chi connectivity index (χ4n) is 4.67. The van der Waals surface area contributed by atoms with Crippen molar-refractivity contribution in [3.63, 3.8) is 0 Å². The van der Waals surface area contributed by atoms with E-state index in [0.717, 1.165) is 21.7 Å². The Labute approximate surface area is 269 Å². The summed E-state index contributed by atoms with van der Waals surface area (Å²) in [5.74, 6) is -1.25. The molecule has 1 fully saturated rings. The molecule has 12 nitrogen and oxygen atoms in total. The van der Waals surface area contributed by atoms with Gasteiger partial charge in [-0.15, -0.1) is 23.7 Å². The maximum absolute atomic E-state index is 13.7. The second kappa shape index (κ2) is 18.4. The third kappa shape index (κ3) is 11.4. The summed E-state index contributed by atoms with van der Waals surface area (Å²) in [7, 11) is 0. The van der Waals surface area contributed by atoms with Crippen molar-refractivity contribution >= 4 is 41.5 Å². The number of carbonyl (C=O) groups is 3. The van der Waals surface area contributed by atoms with Crippen molar-refractivity contribution in [3.8, 4) is 10.4 Å². The number of aromatic nitrogens is 1. The summed E-state index contributed by atoms with van der Waals surface area (Å²) < 4.78 is 16.0. The molecule has 1 aromatic heterocycles. The molecule has 1 saturated heterocycles. The third-order valence-corrected chi connectivity index (χ3v) is 7.93. The van der Waals surface area contributed by atoms with Gasteiger partial charge in [-0.1, -0.05) is 45.0 Å². The second-order valence-corrected chi connectivity index (χ2v) is 12.4. The SMILES string of the molecule is Cc1ncsc1-c1ccc(CNC(=O)C2CC(O)CN2C(=O)[C@@H](NC(=O)COCCOCCOCCN)C(C)(C)C)cc1.Cl. The molecule has 2 unspecified atom stereocenters. The average Bonchev–Trinajstić information content (AvgIpc) is 3.58. The van der Waals surface area contributed by atoms with E-state index in [1.165, 1.54) is 4.90 Å². The Morgan fingerprint density at radius 3 is 2.32 bits per heavy atom. The smallest absolute Gasteiger partial charge is 0.246 e. The van der Waals surface area contributed by atoms with Crippen molar-refractivity contribution in [2.75, 3.05) is 52.7 Å². The highest BCUT2D eigenvalue weighted by atomic mass is 35.5. The number of aliphatic hydroxyl groups excluding tert-OH is 1. The summed E-state index contributed by atoms with van der Waals surface area (Å²) in [4.78, 5) is 46.4. The number of benzene rings is 1. The van der Waals surface area contributed by atoms with E-state index in [0.29, 0.717) is 33.0 Å². The van der Waals surface area contributed by atoms with E-state index in [4.69, 9.17) is 19.9 Å². The van der Waals surface area contributed by atoms with Gasteiger partial charge < -0.3 is 40.6 Å².